The van der Waals surface area contributed by atoms with Gasteiger partial charge in [0, 0.05) is 37.6 Å². The first kappa shape index (κ1) is 24.0. The fraction of sp³-hybridized carbons (Fsp3) is 0.350. The lowest BCUT2D eigenvalue weighted by molar-refractivity contribution is -0.119. The highest BCUT2D eigenvalue weighted by Crippen LogP contribution is 2.24. The second-order valence-corrected chi connectivity index (χ2v) is 9.74. The van der Waals surface area contributed by atoms with E-state index in [1.165, 1.54) is 29.2 Å². The number of carbonyl (C=O) groups excluding carboxylic acids is 2. The summed E-state index contributed by atoms with van der Waals surface area (Å²) in [6.45, 7) is 3.34. The number of aromatic nitrogens is 1. The van der Waals surface area contributed by atoms with E-state index >= 15 is 0 Å². The SMILES string of the molecule is NC(=O)/C=C/c1csc(SCC(=O)NC[C@H]2CN(Cc3ccc(Cl)c(Cl)c3)CCO2)n1. The number of morpholine rings is 1. The van der Waals surface area contributed by atoms with Crippen molar-refractivity contribution < 1.29 is 14.3 Å². The molecule has 11 heteroatoms. The molecule has 0 aliphatic carbocycles. The normalized spacial score (nSPS) is 17.2. The molecule has 2 aromatic rings. The molecular formula is C20H22Cl2N4O3S2. The number of benzene rings is 1. The minimum absolute atomic E-state index is 0.0733. The monoisotopic (exact) mass is 500 g/mol. The average molecular weight is 501 g/mol. The van der Waals surface area contributed by atoms with E-state index in [1.807, 2.05) is 12.1 Å². The van der Waals surface area contributed by atoms with Crippen molar-refractivity contribution in [3.05, 3.63) is 51.0 Å². The van der Waals surface area contributed by atoms with Crippen molar-refractivity contribution in [1.29, 1.82) is 0 Å². The highest BCUT2D eigenvalue weighted by atomic mass is 35.5. The Morgan fingerprint density at radius 3 is 3.00 bits per heavy atom. The van der Waals surface area contributed by atoms with Gasteiger partial charge in [-0.15, -0.1) is 11.3 Å². The van der Waals surface area contributed by atoms with Crippen molar-refractivity contribution in [2.24, 2.45) is 5.73 Å². The zero-order valence-corrected chi connectivity index (χ0v) is 19.7. The second kappa shape index (κ2) is 11.8. The molecule has 2 amide bonds. The number of primary amides is 1. The summed E-state index contributed by atoms with van der Waals surface area (Å²) in [5, 5.41) is 5.82. The first-order valence-corrected chi connectivity index (χ1v) is 12.1. The van der Waals surface area contributed by atoms with Gasteiger partial charge in [0.05, 0.1) is 34.2 Å². The fourth-order valence-corrected chi connectivity index (χ4v) is 4.88. The van der Waals surface area contributed by atoms with Gasteiger partial charge in [0.15, 0.2) is 4.34 Å². The van der Waals surface area contributed by atoms with Crippen LogP contribution in [0.25, 0.3) is 6.08 Å². The maximum Gasteiger partial charge on any atom is 0.241 e. The van der Waals surface area contributed by atoms with E-state index in [1.54, 1.807) is 17.5 Å². The molecule has 166 valence electrons. The minimum Gasteiger partial charge on any atom is -0.374 e. The number of hydrogen-bond donors (Lipinski definition) is 2. The molecule has 1 fully saturated rings. The molecule has 1 atom stereocenters. The lowest BCUT2D eigenvalue weighted by Crippen LogP contribution is -2.47. The molecule has 1 aromatic carbocycles. The number of thioether (sulfide) groups is 1. The maximum atomic E-state index is 12.2. The number of nitrogens with two attached hydrogens (primary N) is 1. The number of nitrogens with one attached hydrogen (secondary N) is 1. The van der Waals surface area contributed by atoms with Gasteiger partial charge in [0.2, 0.25) is 11.8 Å². The van der Waals surface area contributed by atoms with Crippen LogP contribution in [0, 0.1) is 0 Å². The Kier molecular flexibility index (Phi) is 9.18. The number of carbonyl (C=O) groups is 2. The standard InChI is InChI=1S/C20H22Cl2N4O3S2/c21-16-3-1-13(7-17(16)22)9-26-5-6-29-15(10-26)8-24-19(28)12-31-20-25-14(11-30-20)2-4-18(23)27/h1-4,7,11,15H,5-6,8-10,12H2,(H2,23,27)(H,24,28)/b4-2+/t15-/m0/s1. The fourth-order valence-electron chi connectivity index (χ4n) is 2.93. The van der Waals surface area contributed by atoms with E-state index in [9.17, 15) is 9.59 Å². The smallest absolute Gasteiger partial charge is 0.241 e. The molecule has 3 rings (SSSR count). The second-order valence-electron chi connectivity index (χ2n) is 6.84. The van der Waals surface area contributed by atoms with Crippen molar-refractivity contribution in [1.82, 2.24) is 15.2 Å². The van der Waals surface area contributed by atoms with E-state index in [4.69, 9.17) is 33.7 Å². The summed E-state index contributed by atoms with van der Waals surface area (Å²) < 4.78 is 6.54. The van der Waals surface area contributed by atoms with E-state index in [0.717, 1.165) is 29.5 Å². The van der Waals surface area contributed by atoms with Crippen LogP contribution in [0.1, 0.15) is 11.3 Å². The molecule has 1 aromatic heterocycles. The number of halogens is 2. The lowest BCUT2D eigenvalue weighted by atomic mass is 10.2. The summed E-state index contributed by atoms with van der Waals surface area (Å²) in [4.78, 5) is 29.6. The molecule has 1 aliphatic heterocycles. The summed E-state index contributed by atoms with van der Waals surface area (Å²) in [6.07, 6.45) is 2.73. The Balaban J connectivity index is 1.39. The van der Waals surface area contributed by atoms with E-state index in [2.05, 4.69) is 15.2 Å². The Bertz CT molecular complexity index is 954. The number of amides is 2. The third-order valence-corrected chi connectivity index (χ3v) is 7.16. The van der Waals surface area contributed by atoms with Crippen LogP contribution in [0.2, 0.25) is 10.0 Å². The first-order valence-electron chi connectivity index (χ1n) is 9.49. The summed E-state index contributed by atoms with van der Waals surface area (Å²) in [5.41, 5.74) is 6.80. The third kappa shape index (κ3) is 8.10. The zero-order valence-electron chi connectivity index (χ0n) is 16.6. The van der Waals surface area contributed by atoms with Crippen LogP contribution in [0.5, 0.6) is 0 Å². The van der Waals surface area contributed by atoms with Crippen LogP contribution in [-0.4, -0.2) is 59.8 Å². The van der Waals surface area contributed by atoms with E-state index < -0.39 is 5.91 Å². The van der Waals surface area contributed by atoms with E-state index in [-0.39, 0.29) is 17.8 Å². The quantitative estimate of drug-likeness (QED) is 0.405. The molecular weight excluding hydrogens is 479 g/mol. The highest BCUT2D eigenvalue weighted by molar-refractivity contribution is 8.01. The van der Waals surface area contributed by atoms with Gasteiger partial charge in [-0.25, -0.2) is 4.98 Å². The molecule has 0 unspecified atom stereocenters. The number of rotatable bonds is 9. The molecule has 3 N–H and O–H groups in total. The predicted molar refractivity (Wildman–Crippen MR) is 126 cm³/mol. The molecule has 0 bridgehead atoms. The summed E-state index contributed by atoms with van der Waals surface area (Å²) in [5.74, 6) is -0.353. The molecule has 1 saturated heterocycles. The Morgan fingerprint density at radius 2 is 2.23 bits per heavy atom. The minimum atomic E-state index is -0.526. The van der Waals surface area contributed by atoms with E-state index in [0.29, 0.717) is 28.9 Å². The molecule has 7 nitrogen and oxygen atoms in total. The van der Waals surface area contributed by atoms with Gasteiger partial charge >= 0.3 is 0 Å². The summed E-state index contributed by atoms with van der Waals surface area (Å²) in [6, 6.07) is 5.64. The van der Waals surface area contributed by atoms with Gasteiger partial charge in [0.1, 0.15) is 0 Å². The Labute approximate surface area is 198 Å². The Morgan fingerprint density at radius 1 is 1.39 bits per heavy atom. The lowest BCUT2D eigenvalue weighted by Gasteiger charge is -2.33. The Hall–Kier alpha value is -1.62. The summed E-state index contributed by atoms with van der Waals surface area (Å²) >= 11 is 14.8. The highest BCUT2D eigenvalue weighted by Gasteiger charge is 2.21. The van der Waals surface area contributed by atoms with Gasteiger partial charge < -0.3 is 15.8 Å². The largest absolute Gasteiger partial charge is 0.374 e. The van der Waals surface area contributed by atoms with Gasteiger partial charge in [0.25, 0.3) is 0 Å². The molecule has 1 aliphatic rings. The molecule has 2 heterocycles. The van der Waals surface area contributed by atoms with Crippen LogP contribution >= 0.6 is 46.3 Å². The van der Waals surface area contributed by atoms with Crippen molar-refractivity contribution >= 4 is 64.2 Å². The van der Waals surface area contributed by atoms with Crippen LogP contribution < -0.4 is 11.1 Å². The molecule has 0 spiro atoms. The topological polar surface area (TPSA) is 97.5 Å². The molecule has 0 radical (unpaired) electrons. The summed E-state index contributed by atoms with van der Waals surface area (Å²) in [7, 11) is 0. The van der Waals surface area contributed by atoms with Crippen molar-refractivity contribution in [3.63, 3.8) is 0 Å². The average Bonchev–Trinajstić information content (AvgIpc) is 3.20. The van der Waals surface area contributed by atoms with Crippen LogP contribution in [0.4, 0.5) is 0 Å². The predicted octanol–water partition coefficient (Wildman–Crippen LogP) is 3.06. The van der Waals surface area contributed by atoms with Crippen LogP contribution in [0.3, 0.4) is 0 Å². The van der Waals surface area contributed by atoms with Crippen LogP contribution in [0.15, 0.2) is 34.0 Å². The van der Waals surface area contributed by atoms with Gasteiger partial charge in [-0.1, -0.05) is 41.0 Å². The van der Waals surface area contributed by atoms with Crippen molar-refractivity contribution in [3.8, 4) is 0 Å². The molecule has 0 saturated carbocycles. The van der Waals surface area contributed by atoms with Gasteiger partial charge in [-0.05, 0) is 23.8 Å². The number of ether oxygens (including phenoxy) is 1. The number of thiazole rings is 1. The van der Waals surface area contributed by atoms with Crippen molar-refractivity contribution in [2.75, 3.05) is 32.0 Å². The van der Waals surface area contributed by atoms with Gasteiger partial charge in [-0.3, -0.25) is 14.5 Å². The first-order chi connectivity index (χ1) is 14.9. The number of hydrogen-bond acceptors (Lipinski definition) is 7. The molecule has 31 heavy (non-hydrogen) atoms. The maximum absolute atomic E-state index is 12.2. The van der Waals surface area contributed by atoms with Crippen LogP contribution in [-0.2, 0) is 20.9 Å². The van der Waals surface area contributed by atoms with Gasteiger partial charge in [-0.2, -0.15) is 0 Å². The number of nitrogens with zero attached hydrogens (tertiary/aromatic N) is 2. The zero-order chi connectivity index (χ0) is 22.2. The van der Waals surface area contributed by atoms with Crippen molar-refractivity contribution in [2.45, 2.75) is 17.0 Å². The third-order valence-electron chi connectivity index (χ3n) is 4.39.